The van der Waals surface area contributed by atoms with Crippen LogP contribution in [0, 0.1) is 20.8 Å². The van der Waals surface area contributed by atoms with E-state index >= 15 is 0 Å². The molecule has 0 bridgehead atoms. The van der Waals surface area contributed by atoms with Crippen molar-refractivity contribution < 1.29 is 19.1 Å². The third-order valence-electron chi connectivity index (χ3n) is 4.30. The highest BCUT2D eigenvalue weighted by atomic mass is 16.5. The Bertz CT molecular complexity index is 1040. The highest BCUT2D eigenvalue weighted by Crippen LogP contribution is 2.25. The molecule has 0 unspecified atom stereocenters. The summed E-state index contributed by atoms with van der Waals surface area (Å²) in [4.78, 5) is 32.7. The van der Waals surface area contributed by atoms with Gasteiger partial charge in [-0.05, 0) is 38.5 Å². The molecule has 1 aromatic carbocycles. The van der Waals surface area contributed by atoms with Gasteiger partial charge < -0.3 is 14.8 Å². The van der Waals surface area contributed by atoms with Gasteiger partial charge in [0.2, 0.25) is 0 Å². The molecule has 0 aliphatic rings. The Hall–Kier alpha value is -3.49. The Balaban J connectivity index is 1.62. The van der Waals surface area contributed by atoms with Crippen LogP contribution in [0.4, 0.5) is 5.69 Å². The zero-order valence-electron chi connectivity index (χ0n) is 16.1. The molecule has 0 aliphatic heterocycles. The number of hydrogen-bond acceptors (Lipinski definition) is 7. The van der Waals surface area contributed by atoms with Crippen LogP contribution in [0.5, 0.6) is 5.75 Å². The Labute approximate surface area is 161 Å². The smallest absolute Gasteiger partial charge is 0.310 e. The lowest BCUT2D eigenvalue weighted by atomic mass is 10.1. The number of anilines is 1. The van der Waals surface area contributed by atoms with E-state index in [2.05, 4.69) is 20.4 Å². The van der Waals surface area contributed by atoms with Crippen LogP contribution in [-0.2, 0) is 20.7 Å². The average molecular weight is 383 g/mol. The molecule has 1 N–H and O–H groups in total. The summed E-state index contributed by atoms with van der Waals surface area (Å²) in [5, 5.41) is 6.78. The summed E-state index contributed by atoms with van der Waals surface area (Å²) in [5.41, 5.74) is 3.62. The number of ether oxygens (including phenoxy) is 2. The van der Waals surface area contributed by atoms with Crippen LogP contribution in [0.15, 0.2) is 24.5 Å². The zero-order valence-corrected chi connectivity index (χ0v) is 16.1. The molecule has 0 atom stereocenters. The molecule has 0 aliphatic carbocycles. The minimum atomic E-state index is -0.529. The van der Waals surface area contributed by atoms with E-state index in [0.29, 0.717) is 28.5 Å². The van der Waals surface area contributed by atoms with Gasteiger partial charge in [0.15, 0.2) is 6.61 Å². The largest absolute Gasteiger partial charge is 0.495 e. The molecule has 146 valence electrons. The Kier molecular flexibility index (Phi) is 5.53. The molecular weight excluding hydrogens is 362 g/mol. The van der Waals surface area contributed by atoms with Crippen molar-refractivity contribution >= 4 is 23.3 Å². The molecule has 9 heteroatoms. The first kappa shape index (κ1) is 19.3. The van der Waals surface area contributed by atoms with E-state index in [1.165, 1.54) is 13.4 Å². The van der Waals surface area contributed by atoms with Crippen molar-refractivity contribution in [2.75, 3.05) is 19.0 Å². The van der Waals surface area contributed by atoms with Crippen LogP contribution in [0.2, 0.25) is 0 Å². The quantitative estimate of drug-likeness (QED) is 0.647. The van der Waals surface area contributed by atoms with Gasteiger partial charge in [0.25, 0.3) is 11.7 Å². The number of aromatic nitrogens is 4. The van der Waals surface area contributed by atoms with Gasteiger partial charge in [0.05, 0.1) is 19.2 Å². The molecule has 0 saturated carbocycles. The number of fused-ring (bicyclic) bond motifs is 1. The van der Waals surface area contributed by atoms with E-state index in [1.54, 1.807) is 23.6 Å². The number of nitrogens with zero attached hydrogens (tertiary/aromatic N) is 4. The van der Waals surface area contributed by atoms with Crippen molar-refractivity contribution in [2.24, 2.45) is 0 Å². The fourth-order valence-corrected chi connectivity index (χ4v) is 2.86. The number of benzene rings is 1. The highest BCUT2D eigenvalue weighted by molar-refractivity contribution is 5.94. The maximum absolute atomic E-state index is 12.2. The summed E-state index contributed by atoms with van der Waals surface area (Å²) in [5.74, 6) is 0.0247. The van der Waals surface area contributed by atoms with Crippen molar-refractivity contribution in [3.05, 3.63) is 47.0 Å². The van der Waals surface area contributed by atoms with Crippen molar-refractivity contribution in [3.63, 3.8) is 0 Å². The fourth-order valence-electron chi connectivity index (χ4n) is 2.86. The number of amides is 1. The summed E-state index contributed by atoms with van der Waals surface area (Å²) >= 11 is 0. The molecule has 0 radical (unpaired) electrons. The fraction of sp³-hybridized carbons (Fsp3) is 0.316. The lowest BCUT2D eigenvalue weighted by Gasteiger charge is -2.12. The number of aryl methyl sites for hydroxylation is 3. The second kappa shape index (κ2) is 8.03. The lowest BCUT2D eigenvalue weighted by molar-refractivity contribution is -0.146. The van der Waals surface area contributed by atoms with Crippen molar-refractivity contribution in [2.45, 2.75) is 27.2 Å². The zero-order chi connectivity index (χ0) is 20.3. The second-order valence-electron chi connectivity index (χ2n) is 6.32. The van der Waals surface area contributed by atoms with Crippen molar-refractivity contribution in [3.8, 4) is 5.75 Å². The maximum Gasteiger partial charge on any atom is 0.310 e. The molecule has 2 heterocycles. The van der Waals surface area contributed by atoms with Crippen LogP contribution >= 0.6 is 0 Å². The Morgan fingerprint density at radius 3 is 2.75 bits per heavy atom. The minimum Gasteiger partial charge on any atom is -0.495 e. The topological polar surface area (TPSA) is 108 Å². The van der Waals surface area contributed by atoms with Gasteiger partial charge in [0.1, 0.15) is 12.1 Å². The normalized spacial score (nSPS) is 10.7. The third kappa shape index (κ3) is 4.08. The second-order valence-corrected chi connectivity index (χ2v) is 6.32. The number of hydrogen-bond donors (Lipinski definition) is 1. The minimum absolute atomic E-state index is 0.0124. The van der Waals surface area contributed by atoms with E-state index in [-0.39, 0.29) is 6.42 Å². The van der Waals surface area contributed by atoms with Gasteiger partial charge >= 0.3 is 5.97 Å². The number of carbonyl (C=O) groups excluding carboxylic acids is 2. The molecular formula is C19H21N5O4. The molecule has 0 spiro atoms. The number of rotatable bonds is 6. The van der Waals surface area contributed by atoms with Crippen molar-refractivity contribution in [1.82, 2.24) is 19.6 Å². The SMILES string of the molecule is COc1ccc(C)cc1NC(=O)COC(=O)Cc1c(C)nc2ncnn2c1C. The highest BCUT2D eigenvalue weighted by Gasteiger charge is 2.16. The predicted octanol–water partition coefficient (Wildman–Crippen LogP) is 1.78. The average Bonchev–Trinajstić information content (AvgIpc) is 3.12. The standard InChI is InChI=1S/C19H21N5O4/c1-11-5-6-16(27-4)15(7-11)23-17(25)9-28-18(26)8-14-12(2)22-19-20-10-21-24(19)13(14)3/h5-7,10H,8-9H2,1-4H3,(H,23,25). The van der Waals surface area contributed by atoms with Gasteiger partial charge in [-0.2, -0.15) is 10.1 Å². The molecule has 9 nitrogen and oxygen atoms in total. The summed E-state index contributed by atoms with van der Waals surface area (Å²) in [6, 6.07) is 5.42. The third-order valence-corrected chi connectivity index (χ3v) is 4.30. The van der Waals surface area contributed by atoms with E-state index < -0.39 is 18.5 Å². The maximum atomic E-state index is 12.2. The Morgan fingerprint density at radius 2 is 2.00 bits per heavy atom. The van der Waals surface area contributed by atoms with E-state index in [0.717, 1.165) is 11.3 Å². The Morgan fingerprint density at radius 1 is 1.21 bits per heavy atom. The van der Waals surface area contributed by atoms with Crippen LogP contribution in [0.3, 0.4) is 0 Å². The molecule has 2 aromatic heterocycles. The molecule has 0 saturated heterocycles. The van der Waals surface area contributed by atoms with Gasteiger partial charge in [-0.25, -0.2) is 9.50 Å². The van der Waals surface area contributed by atoms with Gasteiger partial charge in [0, 0.05) is 17.0 Å². The first-order valence-electron chi connectivity index (χ1n) is 8.65. The summed E-state index contributed by atoms with van der Waals surface area (Å²) in [6.45, 7) is 5.13. The molecule has 3 aromatic rings. The van der Waals surface area contributed by atoms with E-state index in [9.17, 15) is 9.59 Å². The monoisotopic (exact) mass is 383 g/mol. The number of carbonyl (C=O) groups is 2. The number of methoxy groups -OCH3 is 1. The van der Waals surface area contributed by atoms with E-state index in [1.807, 2.05) is 19.9 Å². The summed E-state index contributed by atoms with van der Waals surface area (Å²) in [6.07, 6.45) is 1.39. The van der Waals surface area contributed by atoms with Crippen LogP contribution in [0.1, 0.15) is 22.5 Å². The van der Waals surface area contributed by atoms with Crippen LogP contribution in [-0.4, -0.2) is 45.2 Å². The summed E-state index contributed by atoms with van der Waals surface area (Å²) in [7, 11) is 1.52. The van der Waals surface area contributed by atoms with Gasteiger partial charge in [-0.3, -0.25) is 9.59 Å². The van der Waals surface area contributed by atoms with Gasteiger partial charge in [-0.15, -0.1) is 0 Å². The van der Waals surface area contributed by atoms with Crippen LogP contribution < -0.4 is 10.1 Å². The number of esters is 1. The first-order chi connectivity index (χ1) is 13.4. The predicted molar refractivity (Wildman–Crippen MR) is 101 cm³/mol. The molecule has 0 fully saturated rings. The van der Waals surface area contributed by atoms with Crippen molar-refractivity contribution in [1.29, 1.82) is 0 Å². The molecule has 1 amide bonds. The molecule has 3 rings (SSSR count). The number of nitrogens with one attached hydrogen (secondary N) is 1. The van der Waals surface area contributed by atoms with E-state index in [4.69, 9.17) is 9.47 Å². The lowest BCUT2D eigenvalue weighted by Crippen LogP contribution is -2.22. The van der Waals surface area contributed by atoms with Crippen LogP contribution in [0.25, 0.3) is 5.78 Å². The van der Waals surface area contributed by atoms with Gasteiger partial charge in [-0.1, -0.05) is 6.07 Å². The first-order valence-corrected chi connectivity index (χ1v) is 8.65. The molecule has 28 heavy (non-hydrogen) atoms. The summed E-state index contributed by atoms with van der Waals surface area (Å²) < 4.78 is 11.9.